The summed E-state index contributed by atoms with van der Waals surface area (Å²) in [4.78, 5) is 24.7. The molecule has 2 aliphatic heterocycles. The second-order valence-corrected chi connectivity index (χ2v) is 8.43. The number of aromatic nitrogens is 2. The Kier molecular flexibility index (Phi) is 3.80. The summed E-state index contributed by atoms with van der Waals surface area (Å²) in [5, 5.41) is 0. The minimum absolute atomic E-state index is 0.127. The average Bonchev–Trinajstić information content (AvgIpc) is 2.85. The SMILES string of the molecule is Cc1ncc(C(=O)N2CC3C[C@@H]4CC2C[C@@H](C3)C4)c(-c2ccccc2)n1. The van der Waals surface area contributed by atoms with E-state index < -0.39 is 0 Å². The fourth-order valence-corrected chi connectivity index (χ4v) is 5.63. The van der Waals surface area contributed by atoms with Gasteiger partial charge in [0.2, 0.25) is 0 Å². The van der Waals surface area contributed by atoms with Crippen LogP contribution in [0.5, 0.6) is 0 Å². The molecule has 0 radical (unpaired) electrons. The molecular weight excluding hydrogens is 322 g/mol. The van der Waals surface area contributed by atoms with E-state index in [9.17, 15) is 4.79 Å². The molecule has 6 rings (SSSR count). The molecule has 4 nitrogen and oxygen atoms in total. The third-order valence-corrected chi connectivity index (χ3v) is 6.55. The van der Waals surface area contributed by atoms with Gasteiger partial charge in [-0.05, 0) is 56.8 Å². The maximum atomic E-state index is 13.6. The van der Waals surface area contributed by atoms with Gasteiger partial charge in [0.1, 0.15) is 5.82 Å². The Labute approximate surface area is 154 Å². The fourth-order valence-electron chi connectivity index (χ4n) is 5.63. The van der Waals surface area contributed by atoms with E-state index >= 15 is 0 Å². The molecule has 2 atom stereocenters. The van der Waals surface area contributed by atoms with Gasteiger partial charge in [-0.1, -0.05) is 30.3 Å². The molecule has 134 valence electrons. The van der Waals surface area contributed by atoms with Gasteiger partial charge in [-0.15, -0.1) is 0 Å². The molecule has 2 saturated heterocycles. The van der Waals surface area contributed by atoms with E-state index in [2.05, 4.69) is 14.9 Å². The molecule has 0 unspecified atom stereocenters. The highest BCUT2D eigenvalue weighted by Crippen LogP contribution is 2.47. The Morgan fingerprint density at radius 2 is 1.69 bits per heavy atom. The van der Waals surface area contributed by atoms with E-state index in [1.807, 2.05) is 37.3 Å². The van der Waals surface area contributed by atoms with Crippen LogP contribution in [0.4, 0.5) is 0 Å². The molecule has 4 heteroatoms. The van der Waals surface area contributed by atoms with Gasteiger partial charge in [0.05, 0.1) is 11.3 Å². The third kappa shape index (κ3) is 2.72. The van der Waals surface area contributed by atoms with Crippen LogP contribution in [0.25, 0.3) is 11.3 Å². The number of aryl methyl sites for hydroxylation is 1. The van der Waals surface area contributed by atoms with E-state index in [-0.39, 0.29) is 5.91 Å². The summed E-state index contributed by atoms with van der Waals surface area (Å²) in [7, 11) is 0. The van der Waals surface area contributed by atoms with Crippen molar-refractivity contribution in [1.29, 1.82) is 0 Å². The largest absolute Gasteiger partial charge is 0.335 e. The maximum Gasteiger partial charge on any atom is 0.257 e. The van der Waals surface area contributed by atoms with E-state index in [0.29, 0.717) is 23.3 Å². The molecular formula is C22H25N3O. The van der Waals surface area contributed by atoms with E-state index in [4.69, 9.17) is 0 Å². The summed E-state index contributed by atoms with van der Waals surface area (Å²) >= 11 is 0. The average molecular weight is 347 g/mol. The lowest BCUT2D eigenvalue weighted by Gasteiger charge is -2.39. The third-order valence-electron chi connectivity index (χ3n) is 6.55. The second-order valence-electron chi connectivity index (χ2n) is 8.43. The van der Waals surface area contributed by atoms with Crippen LogP contribution in [0.1, 0.15) is 48.3 Å². The zero-order valence-corrected chi connectivity index (χ0v) is 15.3. The van der Waals surface area contributed by atoms with Crippen LogP contribution in [-0.2, 0) is 0 Å². The first-order valence-electron chi connectivity index (χ1n) is 9.87. The number of carbonyl (C=O) groups excluding carboxylic acids is 1. The Balaban J connectivity index is 1.53. The van der Waals surface area contributed by atoms with Gasteiger partial charge in [0.15, 0.2) is 0 Å². The summed E-state index contributed by atoms with van der Waals surface area (Å²) in [5.74, 6) is 3.18. The Morgan fingerprint density at radius 3 is 2.42 bits per heavy atom. The molecule has 0 spiro atoms. The number of rotatable bonds is 2. The zero-order valence-electron chi connectivity index (χ0n) is 15.3. The molecule has 1 amide bonds. The second kappa shape index (κ2) is 6.19. The number of amides is 1. The van der Waals surface area contributed by atoms with Crippen LogP contribution < -0.4 is 0 Å². The smallest absolute Gasteiger partial charge is 0.257 e. The van der Waals surface area contributed by atoms with Crippen LogP contribution in [-0.4, -0.2) is 33.4 Å². The van der Waals surface area contributed by atoms with Crippen molar-refractivity contribution < 1.29 is 4.79 Å². The van der Waals surface area contributed by atoms with Crippen LogP contribution in [0.15, 0.2) is 36.5 Å². The molecule has 4 fully saturated rings. The van der Waals surface area contributed by atoms with E-state index in [0.717, 1.165) is 29.6 Å². The number of benzene rings is 1. The van der Waals surface area contributed by atoms with Gasteiger partial charge < -0.3 is 4.90 Å². The van der Waals surface area contributed by atoms with Crippen molar-refractivity contribution in [3.05, 3.63) is 47.9 Å². The predicted molar refractivity (Wildman–Crippen MR) is 101 cm³/mol. The highest BCUT2D eigenvalue weighted by Gasteiger charge is 2.44. The van der Waals surface area contributed by atoms with Crippen molar-refractivity contribution in [3.63, 3.8) is 0 Å². The van der Waals surface area contributed by atoms with Crippen molar-refractivity contribution >= 4 is 5.91 Å². The highest BCUT2D eigenvalue weighted by atomic mass is 16.2. The van der Waals surface area contributed by atoms with Crippen molar-refractivity contribution in [1.82, 2.24) is 14.9 Å². The summed E-state index contributed by atoms with van der Waals surface area (Å²) in [6.45, 7) is 2.80. The topological polar surface area (TPSA) is 46.1 Å². The minimum atomic E-state index is 0.127. The normalized spacial score (nSPS) is 29.7. The first-order valence-corrected chi connectivity index (χ1v) is 9.87. The van der Waals surface area contributed by atoms with E-state index in [1.165, 1.54) is 32.1 Å². The number of fused-ring (bicyclic) bond motifs is 1. The molecule has 1 aromatic carbocycles. The van der Waals surface area contributed by atoms with Crippen LogP contribution in [0.3, 0.4) is 0 Å². The van der Waals surface area contributed by atoms with Crippen LogP contribution >= 0.6 is 0 Å². The number of hydrogen-bond donors (Lipinski definition) is 0. The lowest BCUT2D eigenvalue weighted by atomic mass is 9.68. The minimum Gasteiger partial charge on any atom is -0.335 e. The van der Waals surface area contributed by atoms with Crippen molar-refractivity contribution in [3.8, 4) is 11.3 Å². The quantitative estimate of drug-likeness (QED) is 0.821. The molecule has 26 heavy (non-hydrogen) atoms. The van der Waals surface area contributed by atoms with Crippen LogP contribution in [0.2, 0.25) is 0 Å². The lowest BCUT2D eigenvalue weighted by molar-refractivity contribution is 0.0632. The molecule has 4 aliphatic rings. The number of hydrogen-bond acceptors (Lipinski definition) is 3. The Hall–Kier alpha value is -2.23. The first-order chi connectivity index (χ1) is 12.7. The Bertz CT molecular complexity index is 821. The van der Waals surface area contributed by atoms with E-state index in [1.54, 1.807) is 6.20 Å². The van der Waals surface area contributed by atoms with Gasteiger partial charge in [-0.25, -0.2) is 9.97 Å². The molecule has 2 saturated carbocycles. The first kappa shape index (κ1) is 16.0. The highest BCUT2D eigenvalue weighted by molar-refractivity contribution is 5.99. The molecule has 2 aliphatic carbocycles. The summed E-state index contributed by atoms with van der Waals surface area (Å²) < 4.78 is 0. The van der Waals surface area contributed by atoms with Crippen LogP contribution in [0, 0.1) is 24.7 Å². The fraction of sp³-hybridized carbons (Fsp3) is 0.500. The molecule has 3 heterocycles. The summed E-state index contributed by atoms with van der Waals surface area (Å²) in [5.41, 5.74) is 2.41. The van der Waals surface area contributed by atoms with Gasteiger partial charge >= 0.3 is 0 Å². The number of nitrogens with zero attached hydrogens (tertiary/aromatic N) is 3. The molecule has 2 aromatic rings. The molecule has 1 aromatic heterocycles. The van der Waals surface area contributed by atoms with Crippen molar-refractivity contribution in [2.24, 2.45) is 17.8 Å². The predicted octanol–water partition coefficient (Wildman–Crippen LogP) is 4.10. The summed E-state index contributed by atoms with van der Waals surface area (Å²) in [6.07, 6.45) is 8.12. The Morgan fingerprint density at radius 1 is 1.00 bits per heavy atom. The molecule has 0 N–H and O–H groups in total. The lowest BCUT2D eigenvalue weighted by Crippen LogP contribution is -2.42. The van der Waals surface area contributed by atoms with Crippen molar-refractivity contribution in [2.75, 3.05) is 6.54 Å². The zero-order chi connectivity index (χ0) is 17.7. The van der Waals surface area contributed by atoms with Gasteiger partial charge in [0, 0.05) is 24.3 Å². The van der Waals surface area contributed by atoms with Gasteiger partial charge in [-0.2, -0.15) is 0 Å². The van der Waals surface area contributed by atoms with Crippen molar-refractivity contribution in [2.45, 2.75) is 45.1 Å². The molecule has 4 bridgehead atoms. The standard InChI is InChI=1S/C22H25N3O/c1-14-23-12-20(21(24-14)18-5-3-2-4-6-18)22(26)25-13-17-8-15-7-16(9-17)11-19(25)10-15/h2-6,12,15-17,19H,7-11,13H2,1H3/t15-,16-,17?,19?/m1/s1. The van der Waals surface area contributed by atoms with Gasteiger partial charge in [-0.3, -0.25) is 4.79 Å². The van der Waals surface area contributed by atoms with Gasteiger partial charge in [0.25, 0.3) is 5.91 Å². The summed E-state index contributed by atoms with van der Waals surface area (Å²) in [6, 6.07) is 10.4. The maximum absolute atomic E-state index is 13.6. The number of carbonyl (C=O) groups is 1. The monoisotopic (exact) mass is 347 g/mol.